The minimum Gasteiger partial charge on any atom is -0.454 e. The normalized spacial score (nSPS) is 33.9. The van der Waals surface area contributed by atoms with Crippen LogP contribution in [0.2, 0.25) is 0 Å². The van der Waals surface area contributed by atoms with Gasteiger partial charge in [-0.25, -0.2) is 9.59 Å². The molecule has 38 heavy (non-hydrogen) atoms. The van der Waals surface area contributed by atoms with Gasteiger partial charge in [-0.15, -0.1) is 0 Å². The van der Waals surface area contributed by atoms with Crippen LogP contribution in [0.4, 0.5) is 8.78 Å². The Bertz CT molecular complexity index is 1300. The van der Waals surface area contributed by atoms with Gasteiger partial charge in [-0.1, -0.05) is 0 Å². The lowest BCUT2D eigenvalue weighted by molar-refractivity contribution is -0.317. The summed E-state index contributed by atoms with van der Waals surface area (Å²) < 4.78 is 83.4. The van der Waals surface area contributed by atoms with E-state index in [-0.39, 0.29) is 25.2 Å². The van der Waals surface area contributed by atoms with Crippen molar-refractivity contribution in [3.63, 3.8) is 0 Å². The first kappa shape index (κ1) is 29.1. The number of hydrogen-bond acceptors (Lipinski definition) is 9. The second kappa shape index (κ2) is 9.83. The van der Waals surface area contributed by atoms with Gasteiger partial charge in [0.2, 0.25) is 5.79 Å². The van der Waals surface area contributed by atoms with Crippen molar-refractivity contribution in [3.8, 4) is 5.75 Å². The quantitative estimate of drug-likeness (QED) is 0.193. The highest BCUT2D eigenvalue weighted by Gasteiger charge is 2.70. The van der Waals surface area contributed by atoms with Gasteiger partial charge < -0.3 is 18.9 Å². The molecule has 1 aromatic rings. The molecular formula is C22H19F2I3O10S. The van der Waals surface area contributed by atoms with Crippen LogP contribution in [-0.4, -0.2) is 53.6 Å². The van der Waals surface area contributed by atoms with Crippen LogP contribution in [0.1, 0.15) is 38.5 Å². The van der Waals surface area contributed by atoms with E-state index < -0.39 is 69.0 Å². The fourth-order valence-electron chi connectivity index (χ4n) is 6.28. The molecule has 16 heteroatoms. The Balaban J connectivity index is 1.30. The van der Waals surface area contributed by atoms with E-state index in [1.54, 1.807) is 0 Å². The summed E-state index contributed by atoms with van der Waals surface area (Å²) in [6.45, 7) is 0. The van der Waals surface area contributed by atoms with Crippen molar-refractivity contribution in [2.24, 2.45) is 17.8 Å². The van der Waals surface area contributed by atoms with Crippen LogP contribution in [0.5, 0.6) is 5.75 Å². The summed E-state index contributed by atoms with van der Waals surface area (Å²) >= 11 is 6.24. The zero-order valence-electron chi connectivity index (χ0n) is 19.1. The van der Waals surface area contributed by atoms with Gasteiger partial charge in [-0.3, -0.25) is 9.35 Å². The molecule has 4 aliphatic carbocycles. The average Bonchev–Trinajstić information content (AvgIpc) is 3.10. The molecule has 0 aromatic heterocycles. The zero-order valence-corrected chi connectivity index (χ0v) is 26.4. The summed E-state index contributed by atoms with van der Waals surface area (Å²) in [5.41, 5.74) is -1.40. The van der Waals surface area contributed by atoms with Crippen LogP contribution >= 0.6 is 67.8 Å². The number of halogens is 5. The molecule has 10 nitrogen and oxygen atoms in total. The van der Waals surface area contributed by atoms with Crippen molar-refractivity contribution in [2.45, 2.75) is 61.3 Å². The minimum atomic E-state index is -6.01. The minimum absolute atomic E-state index is 0.00319. The Hall–Kier alpha value is -0.450. The van der Waals surface area contributed by atoms with E-state index in [0.717, 1.165) is 10.7 Å². The maximum absolute atomic E-state index is 13.9. The lowest BCUT2D eigenvalue weighted by atomic mass is 9.51. The molecule has 1 spiro atoms. The third-order valence-electron chi connectivity index (χ3n) is 7.52. The number of esters is 3. The molecule has 208 valence electrons. The molecule has 4 bridgehead atoms. The van der Waals surface area contributed by atoms with E-state index in [0.29, 0.717) is 18.6 Å². The third-order valence-corrected chi connectivity index (χ3v) is 10.6. The number of alkyl halides is 2. The van der Waals surface area contributed by atoms with Crippen LogP contribution in [0.15, 0.2) is 12.1 Å². The van der Waals surface area contributed by atoms with Crippen molar-refractivity contribution >= 4 is 95.8 Å². The first-order chi connectivity index (χ1) is 17.5. The molecule has 1 heterocycles. The van der Waals surface area contributed by atoms with E-state index in [9.17, 15) is 31.6 Å². The van der Waals surface area contributed by atoms with Gasteiger partial charge in [-0.2, -0.15) is 17.2 Å². The second-order valence-electron chi connectivity index (χ2n) is 10.0. The van der Waals surface area contributed by atoms with Gasteiger partial charge in [0, 0.05) is 15.4 Å². The zero-order chi connectivity index (χ0) is 27.8. The first-order valence-corrected chi connectivity index (χ1v) is 16.1. The predicted octanol–water partition coefficient (Wildman–Crippen LogP) is 4.04. The molecule has 0 amide bonds. The van der Waals surface area contributed by atoms with E-state index in [4.69, 9.17) is 23.5 Å². The molecule has 5 aliphatic rings. The van der Waals surface area contributed by atoms with Gasteiger partial charge in [-0.05, 0) is 118 Å². The summed E-state index contributed by atoms with van der Waals surface area (Å²) in [6.07, 6.45) is -0.389. The Morgan fingerprint density at radius 3 is 2.24 bits per heavy atom. The molecule has 1 N–H and O–H groups in total. The largest absolute Gasteiger partial charge is 0.465 e. The molecule has 1 aliphatic heterocycles. The average molecular weight is 894 g/mol. The summed E-state index contributed by atoms with van der Waals surface area (Å²) in [6, 6.07) is 3.68. The Morgan fingerprint density at radius 1 is 1.11 bits per heavy atom. The van der Waals surface area contributed by atoms with Crippen LogP contribution < -0.4 is 4.74 Å². The van der Waals surface area contributed by atoms with Crippen LogP contribution in [0, 0.1) is 28.5 Å². The molecule has 4 saturated carbocycles. The lowest BCUT2D eigenvalue weighted by Gasteiger charge is -2.61. The maximum Gasteiger partial charge on any atom is 0.465 e. The fraction of sp³-hybridized carbons (Fsp3) is 0.591. The van der Waals surface area contributed by atoms with Crippen molar-refractivity contribution in [3.05, 3.63) is 22.8 Å². The fourth-order valence-corrected chi connectivity index (χ4v) is 10.3. The smallest absolute Gasteiger partial charge is 0.454 e. The molecular weight excluding hydrogens is 875 g/mol. The first-order valence-electron chi connectivity index (χ1n) is 11.4. The predicted molar refractivity (Wildman–Crippen MR) is 147 cm³/mol. The van der Waals surface area contributed by atoms with Gasteiger partial charge in [0.05, 0.1) is 13.6 Å². The van der Waals surface area contributed by atoms with Crippen molar-refractivity contribution in [1.29, 1.82) is 0 Å². The summed E-state index contributed by atoms with van der Waals surface area (Å²) in [4.78, 5) is 37.6. The highest BCUT2D eigenvalue weighted by atomic mass is 127. The Morgan fingerprint density at radius 2 is 1.68 bits per heavy atom. The monoisotopic (exact) mass is 894 g/mol. The number of hydrogen-bond donors (Lipinski definition) is 1. The van der Waals surface area contributed by atoms with Gasteiger partial charge >= 0.3 is 33.3 Å². The van der Waals surface area contributed by atoms with E-state index >= 15 is 0 Å². The van der Waals surface area contributed by atoms with Crippen molar-refractivity contribution < 1.29 is 55.1 Å². The van der Waals surface area contributed by atoms with Crippen LogP contribution in [0.25, 0.3) is 0 Å². The van der Waals surface area contributed by atoms with Gasteiger partial charge in [0.1, 0.15) is 5.60 Å². The van der Waals surface area contributed by atoms with E-state index in [1.165, 1.54) is 0 Å². The molecule has 0 radical (unpaired) electrons. The standard InChI is InChI=1S/C22H19F2I3O10S/c23-22(24,38(31,32)33)19(30)37-20-6-9-1-10(7-20)21(11(2-9)8-20)35-15(18(29)36-21)5-16(28)34-17-13(26)3-12(25)4-14(17)27/h3-4,9-11,15H,1-2,5-8H2,(H,31,32,33). The number of benzene rings is 1. The van der Waals surface area contributed by atoms with Crippen LogP contribution in [-0.2, 0) is 38.7 Å². The molecule has 3 unspecified atom stereocenters. The molecule has 1 saturated heterocycles. The number of ether oxygens (including phenoxy) is 4. The summed E-state index contributed by atoms with van der Waals surface area (Å²) in [5.74, 6) is -5.92. The number of rotatable bonds is 6. The summed E-state index contributed by atoms with van der Waals surface area (Å²) in [5, 5.41) is -5.11. The number of carbonyl (C=O) groups excluding carboxylic acids is 3. The summed E-state index contributed by atoms with van der Waals surface area (Å²) in [7, 11) is -6.01. The van der Waals surface area contributed by atoms with Crippen molar-refractivity contribution in [1.82, 2.24) is 0 Å². The van der Waals surface area contributed by atoms with Gasteiger partial charge in [0.25, 0.3) is 0 Å². The second-order valence-corrected chi connectivity index (χ2v) is 15.1. The van der Waals surface area contributed by atoms with Crippen molar-refractivity contribution in [2.75, 3.05) is 0 Å². The molecule has 5 fully saturated rings. The molecule has 1 aromatic carbocycles. The lowest BCUT2D eigenvalue weighted by Crippen LogP contribution is -2.65. The Kier molecular flexibility index (Phi) is 7.52. The topological polar surface area (TPSA) is 142 Å². The Labute approximate surface area is 256 Å². The highest BCUT2D eigenvalue weighted by Crippen LogP contribution is 2.64. The van der Waals surface area contributed by atoms with Gasteiger partial charge in [0.15, 0.2) is 11.9 Å². The van der Waals surface area contributed by atoms with E-state index in [1.807, 2.05) is 57.3 Å². The number of carbonyl (C=O) groups is 3. The maximum atomic E-state index is 13.9. The highest BCUT2D eigenvalue weighted by molar-refractivity contribution is 14.1. The molecule has 6 rings (SSSR count). The molecule has 3 atom stereocenters. The third kappa shape index (κ3) is 4.95. The van der Waals surface area contributed by atoms with Crippen LogP contribution in [0.3, 0.4) is 0 Å². The van der Waals surface area contributed by atoms with E-state index in [2.05, 4.69) is 22.6 Å². The SMILES string of the molecule is O=C(CC1OC2(OC1=O)C1CC3CC2CC(OC(=O)C(F)(F)S(=O)(=O)O)(C3)C1)Oc1c(I)cc(I)cc1I.